The van der Waals surface area contributed by atoms with Gasteiger partial charge < -0.3 is 19.9 Å². The number of nitrogens with two attached hydrogens (primary N) is 1. The van der Waals surface area contributed by atoms with Crippen molar-refractivity contribution in [2.24, 2.45) is 7.05 Å². The molecule has 9 nitrogen and oxygen atoms in total. The topological polar surface area (TPSA) is 115 Å². The fourth-order valence-corrected chi connectivity index (χ4v) is 4.10. The number of methoxy groups -OCH3 is 1. The van der Waals surface area contributed by atoms with Crippen molar-refractivity contribution in [1.82, 2.24) is 14.1 Å². The number of carbonyl (C=O) groups is 1. The van der Waals surface area contributed by atoms with Crippen molar-refractivity contribution >= 4 is 28.3 Å². The number of nitrogens with zero attached hydrogens (tertiary/aromatic N) is 3. The minimum absolute atomic E-state index is 0.0513. The van der Waals surface area contributed by atoms with Crippen LogP contribution >= 0.6 is 0 Å². The van der Waals surface area contributed by atoms with Gasteiger partial charge in [0.1, 0.15) is 5.82 Å². The fourth-order valence-electron chi connectivity index (χ4n) is 4.10. The van der Waals surface area contributed by atoms with Crippen LogP contribution in [0.2, 0.25) is 0 Å². The van der Waals surface area contributed by atoms with Crippen molar-refractivity contribution in [1.29, 1.82) is 0 Å². The molecule has 0 aliphatic heterocycles. The van der Waals surface area contributed by atoms with Crippen LogP contribution in [0.3, 0.4) is 0 Å². The van der Waals surface area contributed by atoms with Gasteiger partial charge in [0.2, 0.25) is 0 Å². The number of amides is 1. The summed E-state index contributed by atoms with van der Waals surface area (Å²) in [6, 6.07) is 16.8. The number of aryl methyl sites for hydroxylation is 1. The zero-order valence-corrected chi connectivity index (χ0v) is 19.2. The van der Waals surface area contributed by atoms with E-state index in [0.717, 1.165) is 16.5 Å². The van der Waals surface area contributed by atoms with Gasteiger partial charge >= 0.3 is 5.69 Å². The highest BCUT2D eigenvalue weighted by molar-refractivity contribution is 6.14. The van der Waals surface area contributed by atoms with Gasteiger partial charge in [-0.3, -0.25) is 19.1 Å². The van der Waals surface area contributed by atoms with E-state index in [-0.39, 0.29) is 30.5 Å². The van der Waals surface area contributed by atoms with Crippen LogP contribution in [0.15, 0.2) is 70.4 Å². The molecule has 176 valence electrons. The lowest BCUT2D eigenvalue weighted by Crippen LogP contribution is -2.42. The molecule has 34 heavy (non-hydrogen) atoms. The van der Waals surface area contributed by atoms with E-state index in [4.69, 9.17) is 10.5 Å². The summed E-state index contributed by atoms with van der Waals surface area (Å²) in [5.74, 6) is -0.446. The number of rotatable bonds is 8. The first-order chi connectivity index (χ1) is 16.4. The van der Waals surface area contributed by atoms with Crippen LogP contribution in [-0.4, -0.2) is 40.3 Å². The molecule has 1 amide bonds. The Labute approximate surface area is 196 Å². The molecule has 4 rings (SSSR count). The van der Waals surface area contributed by atoms with E-state index in [2.05, 4.69) is 4.98 Å². The maximum atomic E-state index is 13.8. The van der Waals surface area contributed by atoms with Gasteiger partial charge in [0.25, 0.3) is 11.5 Å². The molecule has 0 atom stereocenters. The molecule has 4 aromatic rings. The summed E-state index contributed by atoms with van der Waals surface area (Å²) >= 11 is 0. The smallest absolute Gasteiger partial charge is 0.330 e. The van der Waals surface area contributed by atoms with Crippen molar-refractivity contribution in [3.8, 4) is 0 Å². The lowest BCUT2D eigenvalue weighted by atomic mass is 10.1. The number of aromatic amines is 1. The van der Waals surface area contributed by atoms with Crippen molar-refractivity contribution < 1.29 is 9.53 Å². The van der Waals surface area contributed by atoms with Crippen LogP contribution in [-0.2, 0) is 18.3 Å². The van der Waals surface area contributed by atoms with Gasteiger partial charge in [-0.1, -0.05) is 48.5 Å². The average Bonchev–Trinajstić information content (AvgIpc) is 3.17. The molecule has 2 aromatic carbocycles. The van der Waals surface area contributed by atoms with Crippen molar-refractivity contribution in [3.63, 3.8) is 0 Å². The van der Waals surface area contributed by atoms with Gasteiger partial charge in [-0.15, -0.1) is 0 Å². The minimum atomic E-state index is -0.710. The third kappa shape index (κ3) is 4.38. The Balaban J connectivity index is 1.84. The van der Waals surface area contributed by atoms with E-state index in [0.29, 0.717) is 18.6 Å². The molecule has 9 heteroatoms. The summed E-state index contributed by atoms with van der Waals surface area (Å²) in [4.78, 5) is 43.1. The van der Waals surface area contributed by atoms with E-state index in [1.54, 1.807) is 13.3 Å². The van der Waals surface area contributed by atoms with Crippen LogP contribution in [0, 0.1) is 0 Å². The molecule has 2 aromatic heterocycles. The maximum Gasteiger partial charge on any atom is 0.330 e. The number of fused-ring (bicyclic) bond motifs is 1. The number of para-hydroxylation sites is 1. The molecule has 0 fully saturated rings. The lowest BCUT2D eigenvalue weighted by Gasteiger charge is -2.24. The minimum Gasteiger partial charge on any atom is -0.385 e. The van der Waals surface area contributed by atoms with Crippen LogP contribution < -0.4 is 21.9 Å². The molecular formula is C25H27N5O4. The summed E-state index contributed by atoms with van der Waals surface area (Å²) in [5.41, 5.74) is 7.15. The highest BCUT2D eigenvalue weighted by atomic mass is 16.5. The van der Waals surface area contributed by atoms with Crippen LogP contribution in [0.4, 0.5) is 11.5 Å². The molecule has 0 aliphatic rings. The number of nitrogen functional groups attached to an aromatic ring is 1. The molecule has 0 unspecified atom stereocenters. The number of aromatic nitrogens is 3. The third-order valence-electron chi connectivity index (χ3n) is 5.77. The van der Waals surface area contributed by atoms with Crippen molar-refractivity contribution in [2.75, 3.05) is 30.9 Å². The van der Waals surface area contributed by atoms with Gasteiger partial charge in [0.05, 0.1) is 12.1 Å². The molecule has 0 radical (unpaired) electrons. The van der Waals surface area contributed by atoms with Gasteiger partial charge in [-0.25, -0.2) is 4.79 Å². The second-order valence-corrected chi connectivity index (χ2v) is 8.04. The standard InChI is InChI=1S/C25H27N5O4/c1-28-16-19(18-11-6-7-12-20(18)28)24(32)29(13-8-14-34-2)21-22(26)30(25(33)27-23(21)31)15-17-9-4-3-5-10-17/h3-7,9-12,16H,8,13-15,26H2,1-2H3,(H,27,31,33). The van der Waals surface area contributed by atoms with E-state index in [1.807, 2.05) is 66.2 Å². The Hall–Kier alpha value is -4.11. The van der Waals surface area contributed by atoms with Crippen molar-refractivity contribution in [3.05, 3.63) is 92.8 Å². The first-order valence-electron chi connectivity index (χ1n) is 10.9. The largest absolute Gasteiger partial charge is 0.385 e. The number of hydrogen-bond donors (Lipinski definition) is 2. The van der Waals surface area contributed by atoms with E-state index in [1.165, 1.54) is 9.47 Å². The van der Waals surface area contributed by atoms with Gasteiger partial charge in [-0.2, -0.15) is 0 Å². The first kappa shape index (κ1) is 23.1. The molecule has 2 heterocycles. The fraction of sp³-hybridized carbons (Fsp3) is 0.240. The third-order valence-corrected chi connectivity index (χ3v) is 5.77. The molecule has 0 spiro atoms. The van der Waals surface area contributed by atoms with Gasteiger partial charge in [0.15, 0.2) is 5.69 Å². The Morgan fingerprint density at radius 1 is 1.09 bits per heavy atom. The molecule has 0 saturated heterocycles. The SMILES string of the molecule is COCCCN(C(=O)c1cn(C)c2ccccc12)c1c(N)n(Cc2ccccc2)c(=O)[nH]c1=O. The number of H-pyrrole nitrogens is 1. The average molecular weight is 462 g/mol. The number of hydrogen-bond acceptors (Lipinski definition) is 5. The Bertz CT molecular complexity index is 1440. The number of benzene rings is 2. The second kappa shape index (κ2) is 9.80. The zero-order chi connectivity index (χ0) is 24.2. The molecular weight excluding hydrogens is 434 g/mol. The van der Waals surface area contributed by atoms with Gasteiger partial charge in [0, 0.05) is 44.4 Å². The Kier molecular flexibility index (Phi) is 6.65. The Morgan fingerprint density at radius 3 is 2.53 bits per heavy atom. The number of ether oxygens (including phenoxy) is 1. The predicted molar refractivity (Wildman–Crippen MR) is 132 cm³/mol. The normalized spacial score (nSPS) is 11.1. The first-order valence-corrected chi connectivity index (χ1v) is 10.9. The van der Waals surface area contributed by atoms with Gasteiger partial charge in [-0.05, 0) is 18.1 Å². The van der Waals surface area contributed by atoms with E-state index in [9.17, 15) is 14.4 Å². The zero-order valence-electron chi connectivity index (χ0n) is 19.2. The second-order valence-electron chi connectivity index (χ2n) is 8.04. The maximum absolute atomic E-state index is 13.8. The quantitative estimate of drug-likeness (QED) is 0.391. The van der Waals surface area contributed by atoms with Crippen LogP contribution in [0.1, 0.15) is 22.3 Å². The molecule has 0 aliphatic carbocycles. The Morgan fingerprint density at radius 2 is 1.79 bits per heavy atom. The van der Waals surface area contributed by atoms with Crippen molar-refractivity contribution in [2.45, 2.75) is 13.0 Å². The van der Waals surface area contributed by atoms with Crippen LogP contribution in [0.25, 0.3) is 10.9 Å². The number of carbonyl (C=O) groups excluding carboxylic acids is 1. The summed E-state index contributed by atoms with van der Waals surface area (Å²) in [7, 11) is 3.42. The summed E-state index contributed by atoms with van der Waals surface area (Å²) in [5, 5.41) is 0.763. The number of anilines is 2. The van der Waals surface area contributed by atoms with E-state index < -0.39 is 11.2 Å². The number of nitrogens with one attached hydrogen (secondary N) is 1. The lowest BCUT2D eigenvalue weighted by molar-refractivity contribution is 0.0984. The monoisotopic (exact) mass is 461 g/mol. The highest BCUT2D eigenvalue weighted by Crippen LogP contribution is 2.26. The highest BCUT2D eigenvalue weighted by Gasteiger charge is 2.27. The predicted octanol–water partition coefficient (Wildman–Crippen LogP) is 2.34. The molecule has 0 bridgehead atoms. The van der Waals surface area contributed by atoms with E-state index >= 15 is 0 Å². The summed E-state index contributed by atoms with van der Waals surface area (Å²) < 4.78 is 8.29. The van der Waals surface area contributed by atoms with Crippen LogP contribution in [0.5, 0.6) is 0 Å². The molecule has 3 N–H and O–H groups in total. The molecule has 0 saturated carbocycles. The summed E-state index contributed by atoms with van der Waals surface area (Å²) in [6.07, 6.45) is 2.21. The summed E-state index contributed by atoms with van der Waals surface area (Å²) in [6.45, 7) is 0.733.